The highest BCUT2D eigenvalue weighted by molar-refractivity contribution is 7.45. The lowest BCUT2D eigenvalue weighted by molar-refractivity contribution is -0.318. The van der Waals surface area contributed by atoms with Crippen LogP contribution in [0.1, 0.15) is 20.8 Å². The molecule has 0 aliphatic heterocycles. The molecule has 0 heterocycles. The molecular weight excluding hydrogens is 479 g/mol. The van der Waals surface area contributed by atoms with Crippen LogP contribution < -0.4 is 0 Å². The minimum Gasteiger partial charge on any atom is -0.332 e. The molecule has 6 N–H and O–H groups in total. The van der Waals surface area contributed by atoms with E-state index in [0.29, 0.717) is 0 Å². The topological polar surface area (TPSA) is 138 Å². The zero-order valence-corrected chi connectivity index (χ0v) is 15.0. The summed E-state index contributed by atoms with van der Waals surface area (Å²) >= 11 is 0. The van der Waals surface area contributed by atoms with Gasteiger partial charge in [-0.1, -0.05) is 0 Å². The summed E-state index contributed by atoms with van der Waals surface area (Å²) in [5.41, 5.74) is 0. The van der Waals surface area contributed by atoms with E-state index in [4.69, 9.17) is 34.6 Å². The van der Waals surface area contributed by atoms with E-state index in [1.165, 1.54) is 0 Å². The van der Waals surface area contributed by atoms with Gasteiger partial charge in [0.15, 0.2) is 0 Å². The van der Waals surface area contributed by atoms with Crippen molar-refractivity contribution in [1.82, 2.24) is 0 Å². The fraction of sp³-hybridized carbons (Fsp3) is 1.00. The number of phosphoric acid groups is 1. The molecule has 0 aromatic heterocycles. The number of rotatable bonds is 3. The molecule has 0 rings (SSSR count). The van der Waals surface area contributed by atoms with Crippen molar-refractivity contribution in [2.45, 2.75) is 56.9 Å². The third kappa shape index (κ3) is 25.1. The zero-order valence-electron chi connectivity index (χ0n) is 14.1. The molecule has 0 amide bonds. The van der Waals surface area contributed by atoms with E-state index in [0.717, 1.165) is 0 Å². The van der Waals surface area contributed by atoms with Gasteiger partial charge in [0, 0.05) is 20.8 Å². The van der Waals surface area contributed by atoms with Crippen LogP contribution in [0.3, 0.4) is 0 Å². The first kappa shape index (κ1) is 35.6. The Kier molecular flexibility index (Phi) is 13.5. The molecule has 0 spiro atoms. The Labute approximate surface area is 153 Å². The molecule has 0 unspecified atom stereocenters. The van der Waals surface area contributed by atoms with Crippen molar-refractivity contribution >= 4 is 7.82 Å². The standard InChI is InChI=1S/3C3H4F4O.H3O4P/c3*1-2(4,5)3(6,7)8;1-5(2,3)4/h3*8H,1H3;(H3,1,2,3,4). The predicted molar refractivity (Wildman–Crippen MR) is 67.6 cm³/mol. The van der Waals surface area contributed by atoms with Crippen LogP contribution in [0.2, 0.25) is 0 Å². The van der Waals surface area contributed by atoms with Crippen molar-refractivity contribution < 1.29 is 87.2 Å². The first-order chi connectivity index (χ1) is 11.8. The lowest BCUT2D eigenvalue weighted by Gasteiger charge is -2.15. The molecule has 0 aliphatic carbocycles. The van der Waals surface area contributed by atoms with E-state index in [1.54, 1.807) is 0 Å². The monoisotopic (exact) mass is 494 g/mol. The third-order valence-corrected chi connectivity index (χ3v) is 1.58. The molecule has 0 atom stereocenters. The number of hydrogen-bond acceptors (Lipinski definition) is 4. The average molecular weight is 494 g/mol. The summed E-state index contributed by atoms with van der Waals surface area (Å²) in [5, 5.41) is 21.8. The number of halogens is 12. The SMILES string of the molecule is CC(F)(F)C(O)(F)F.CC(F)(F)C(O)(F)F.CC(F)(F)C(O)(F)F.O=P(O)(O)O. The maximum Gasteiger partial charge on any atom is 0.466 e. The van der Waals surface area contributed by atoms with Gasteiger partial charge in [-0.3, -0.25) is 0 Å². The van der Waals surface area contributed by atoms with Gasteiger partial charge < -0.3 is 30.0 Å². The van der Waals surface area contributed by atoms with Gasteiger partial charge in [0.25, 0.3) is 0 Å². The van der Waals surface area contributed by atoms with Gasteiger partial charge in [0.1, 0.15) is 0 Å². The first-order valence-electron chi connectivity index (χ1n) is 5.97. The molecule has 0 aliphatic rings. The van der Waals surface area contributed by atoms with Gasteiger partial charge in [-0.15, -0.1) is 0 Å². The van der Waals surface area contributed by atoms with Crippen LogP contribution in [-0.4, -0.2) is 66.1 Å². The highest BCUT2D eigenvalue weighted by Gasteiger charge is 2.51. The minimum atomic E-state index is -4.90. The van der Waals surface area contributed by atoms with Crippen molar-refractivity contribution in [2.24, 2.45) is 0 Å². The Morgan fingerprint density at radius 1 is 0.483 bits per heavy atom. The van der Waals surface area contributed by atoms with E-state index < -0.39 is 43.9 Å². The average Bonchev–Trinajstić information content (AvgIpc) is 2.18. The first-order valence-corrected chi connectivity index (χ1v) is 7.54. The van der Waals surface area contributed by atoms with Crippen LogP contribution in [0.25, 0.3) is 0 Å². The van der Waals surface area contributed by atoms with Crippen LogP contribution in [0.4, 0.5) is 52.7 Å². The summed E-state index contributed by atoms with van der Waals surface area (Å²) in [4.78, 5) is 21.6. The second-order valence-corrected chi connectivity index (χ2v) is 5.83. The third-order valence-electron chi connectivity index (χ3n) is 1.58. The van der Waals surface area contributed by atoms with Gasteiger partial charge in [-0.2, -0.15) is 52.7 Å². The van der Waals surface area contributed by atoms with E-state index in [1.807, 2.05) is 0 Å². The summed E-state index contributed by atoms with van der Waals surface area (Å²) in [6, 6.07) is 0. The number of hydrogen-bond donors (Lipinski definition) is 6. The summed E-state index contributed by atoms with van der Waals surface area (Å²) in [7, 11) is -4.64. The Morgan fingerprint density at radius 2 is 0.517 bits per heavy atom. The lowest BCUT2D eigenvalue weighted by Crippen LogP contribution is -2.36. The van der Waals surface area contributed by atoms with E-state index >= 15 is 0 Å². The van der Waals surface area contributed by atoms with E-state index in [2.05, 4.69) is 0 Å². The molecular formula is C9H15F12O7P. The van der Waals surface area contributed by atoms with Crippen LogP contribution in [0.5, 0.6) is 0 Å². The Balaban J connectivity index is -0.000000146. The van der Waals surface area contributed by atoms with Crippen LogP contribution in [0, 0.1) is 0 Å². The van der Waals surface area contributed by atoms with E-state index in [-0.39, 0.29) is 20.8 Å². The predicted octanol–water partition coefficient (Wildman–Crippen LogP) is 2.75. The molecule has 0 saturated heterocycles. The number of alkyl halides is 12. The van der Waals surface area contributed by atoms with Crippen molar-refractivity contribution in [3.8, 4) is 0 Å². The highest BCUT2D eigenvalue weighted by Crippen LogP contribution is 2.31. The fourth-order valence-electron chi connectivity index (χ4n) is 0. The summed E-state index contributed by atoms with van der Waals surface area (Å²) < 4.78 is 142. The normalized spacial score (nSPS) is 13.8. The lowest BCUT2D eigenvalue weighted by atomic mass is 10.4. The van der Waals surface area contributed by atoms with Crippen LogP contribution in [-0.2, 0) is 4.57 Å². The Bertz CT molecular complexity index is 387. The van der Waals surface area contributed by atoms with Gasteiger partial charge in [-0.25, -0.2) is 4.57 Å². The molecule has 182 valence electrons. The summed E-state index contributed by atoms with van der Waals surface area (Å²) in [6.45, 7) is -0.188. The molecule has 7 nitrogen and oxygen atoms in total. The van der Waals surface area contributed by atoms with E-state index in [9.17, 15) is 52.7 Å². The molecule has 20 heteroatoms. The largest absolute Gasteiger partial charge is 0.466 e. The molecule has 0 fully saturated rings. The zero-order chi connectivity index (χ0) is 25.5. The molecule has 0 radical (unpaired) electrons. The van der Waals surface area contributed by atoms with Gasteiger partial charge in [-0.05, 0) is 0 Å². The number of aliphatic hydroxyl groups is 3. The maximum atomic E-state index is 11.2. The molecule has 0 aromatic rings. The second-order valence-electron chi connectivity index (χ2n) is 4.80. The Morgan fingerprint density at radius 3 is 0.517 bits per heavy atom. The highest BCUT2D eigenvalue weighted by atomic mass is 31.2. The minimum absolute atomic E-state index is 0.0625. The second kappa shape index (κ2) is 11.0. The maximum absolute atomic E-state index is 11.2. The fourth-order valence-corrected chi connectivity index (χ4v) is 0. The summed E-state index contributed by atoms with van der Waals surface area (Å²) in [6.07, 6.45) is -14.7. The van der Waals surface area contributed by atoms with Crippen LogP contribution in [0.15, 0.2) is 0 Å². The van der Waals surface area contributed by atoms with Gasteiger partial charge >= 0.3 is 43.9 Å². The van der Waals surface area contributed by atoms with Crippen LogP contribution >= 0.6 is 7.82 Å². The Hall–Kier alpha value is -0.850. The van der Waals surface area contributed by atoms with Crippen molar-refractivity contribution in [3.63, 3.8) is 0 Å². The molecule has 29 heavy (non-hydrogen) atoms. The smallest absolute Gasteiger partial charge is 0.332 e. The quantitative estimate of drug-likeness (QED) is 0.262. The van der Waals surface area contributed by atoms with Crippen molar-refractivity contribution in [1.29, 1.82) is 0 Å². The summed E-state index contributed by atoms with van der Waals surface area (Å²) in [5.74, 6) is -13.0. The van der Waals surface area contributed by atoms with Crippen molar-refractivity contribution in [3.05, 3.63) is 0 Å². The molecule has 0 aromatic carbocycles. The molecule has 0 bridgehead atoms. The van der Waals surface area contributed by atoms with Gasteiger partial charge in [0.2, 0.25) is 0 Å². The van der Waals surface area contributed by atoms with Gasteiger partial charge in [0.05, 0.1) is 0 Å². The van der Waals surface area contributed by atoms with Crippen molar-refractivity contribution in [2.75, 3.05) is 0 Å². The molecule has 0 saturated carbocycles.